The van der Waals surface area contributed by atoms with Crippen LogP contribution in [0.5, 0.6) is 0 Å². The maximum atomic E-state index is 10.4. The number of carboxylic acids is 1. The first-order valence-corrected chi connectivity index (χ1v) is 3.32. The molecule has 0 spiro atoms. The maximum Gasteiger partial charge on any atom is 0.356 e. The summed E-state index contributed by atoms with van der Waals surface area (Å²) in [5, 5.41) is 17.8. The van der Waals surface area contributed by atoms with Gasteiger partial charge in [0.2, 0.25) is 0 Å². The summed E-state index contributed by atoms with van der Waals surface area (Å²) in [5.74, 6) is -1.17. The zero-order valence-corrected chi connectivity index (χ0v) is 6.48. The summed E-state index contributed by atoms with van der Waals surface area (Å²) in [5.41, 5.74) is -0.183. The summed E-state index contributed by atoms with van der Waals surface area (Å²) in [4.78, 5) is 10.4. The third-order valence-corrected chi connectivity index (χ3v) is 1.56. The summed E-state index contributed by atoms with van der Waals surface area (Å²) < 4.78 is 0.555. The molecule has 58 valence electrons. The maximum absolute atomic E-state index is 10.4. The van der Waals surface area contributed by atoms with Gasteiger partial charge in [-0.15, -0.1) is 0 Å². The van der Waals surface area contributed by atoms with E-state index >= 15 is 0 Å². The molecule has 2 N–H and O–H groups in total. The van der Waals surface area contributed by atoms with Gasteiger partial charge < -0.3 is 10.3 Å². The first-order chi connectivity index (χ1) is 5.13. The topological polar surface area (TPSA) is 62.5 Å². The molecular weight excluding hydrogens is 165 g/mol. The van der Waals surface area contributed by atoms with Gasteiger partial charge in [0.1, 0.15) is 0 Å². The molecule has 1 heterocycles. The van der Waals surface area contributed by atoms with Crippen LogP contribution in [0.3, 0.4) is 0 Å². The molecule has 5 heteroatoms. The Morgan fingerprint density at radius 1 is 1.55 bits per heavy atom. The number of rotatable bonds is 1. The van der Waals surface area contributed by atoms with Crippen molar-refractivity contribution in [2.45, 2.75) is 0 Å². The smallest absolute Gasteiger partial charge is 0.356 e. The van der Waals surface area contributed by atoms with E-state index in [-0.39, 0.29) is 5.69 Å². The predicted octanol–water partition coefficient (Wildman–Crippen LogP) is 1.10. The van der Waals surface area contributed by atoms with Crippen molar-refractivity contribution in [3.8, 4) is 0 Å². The molecule has 1 rings (SSSR count). The molecular formula is C6H6NO3P. The number of carboxylic acid groups (broad SMARTS) is 1. The molecule has 0 bridgehead atoms. The second kappa shape index (κ2) is 2.76. The Morgan fingerprint density at radius 3 is 2.64 bits per heavy atom. The van der Waals surface area contributed by atoms with Crippen LogP contribution in [-0.4, -0.2) is 21.0 Å². The molecule has 4 nitrogen and oxygen atoms in total. The van der Waals surface area contributed by atoms with E-state index in [1.165, 1.54) is 18.2 Å². The van der Waals surface area contributed by atoms with Crippen LogP contribution >= 0.6 is 8.86 Å². The van der Waals surface area contributed by atoms with Crippen molar-refractivity contribution < 1.29 is 15.1 Å². The third kappa shape index (κ3) is 1.41. The highest BCUT2D eigenvalue weighted by molar-refractivity contribution is 7.06. The second-order valence-corrected chi connectivity index (χ2v) is 2.43. The molecule has 0 aliphatic heterocycles. The monoisotopic (exact) mass is 171 g/mol. The van der Waals surface area contributed by atoms with E-state index in [0.717, 1.165) is 0 Å². The lowest BCUT2D eigenvalue weighted by Crippen LogP contribution is -2.08. The average Bonchev–Trinajstić information content (AvgIpc) is 1.94. The first kappa shape index (κ1) is 7.82. The minimum atomic E-state index is -1.17. The predicted molar refractivity (Wildman–Crippen MR) is 40.1 cm³/mol. The highest BCUT2D eigenvalue weighted by Gasteiger charge is 2.05. The molecule has 0 aromatic carbocycles. The number of nitrogens with zero attached hydrogens (tertiary/aromatic N) is 1. The normalized spacial score (nSPS) is 9.45. The number of aromatic nitrogens is 1. The molecule has 0 atom stereocenters. The quantitative estimate of drug-likeness (QED) is 0.491. The lowest BCUT2D eigenvalue weighted by molar-refractivity contribution is 0.0638. The van der Waals surface area contributed by atoms with E-state index in [2.05, 4.69) is 8.86 Å². The number of aromatic carboxylic acids is 1. The summed E-state index contributed by atoms with van der Waals surface area (Å²) in [6, 6.07) is 4.35. The molecule has 0 fully saturated rings. The minimum Gasteiger partial charge on any atom is -0.476 e. The summed E-state index contributed by atoms with van der Waals surface area (Å²) in [6.07, 6.45) is 0. The standard InChI is InChI=1S/C6H6NO3P/c8-6(9)4-2-1-3-5(11)7(4)10/h1-3,10-11H,(H,8,9). The van der Waals surface area contributed by atoms with Crippen LogP contribution in [0.15, 0.2) is 18.2 Å². The molecule has 0 saturated heterocycles. The van der Waals surface area contributed by atoms with Crippen LogP contribution in [0.1, 0.15) is 10.5 Å². The van der Waals surface area contributed by atoms with Gasteiger partial charge in [-0.2, -0.15) is 4.73 Å². The van der Waals surface area contributed by atoms with Crippen LogP contribution < -0.4 is 0 Å². The van der Waals surface area contributed by atoms with Crippen LogP contribution in [-0.2, 0) is 0 Å². The zero-order valence-electron chi connectivity index (χ0n) is 5.48. The van der Waals surface area contributed by atoms with Gasteiger partial charge in [0, 0.05) is 0 Å². The number of carbonyl (C=O) groups is 1. The fourth-order valence-corrected chi connectivity index (χ4v) is 0.880. The summed E-state index contributed by atoms with van der Waals surface area (Å²) in [6.45, 7) is 0. The molecule has 11 heavy (non-hydrogen) atoms. The fourth-order valence-electron chi connectivity index (χ4n) is 0.663. The molecule has 0 aliphatic rings. The van der Waals surface area contributed by atoms with Crippen molar-refractivity contribution >= 4 is 14.8 Å². The average molecular weight is 171 g/mol. The van der Waals surface area contributed by atoms with Crippen molar-refractivity contribution in [3.05, 3.63) is 29.0 Å². The Hall–Kier alpha value is -1.28. The van der Waals surface area contributed by atoms with Gasteiger partial charge in [-0.25, -0.2) is 4.79 Å². The lowest BCUT2D eigenvalue weighted by Gasteiger charge is -2.00. The number of hydrogen-bond donors (Lipinski definition) is 2. The van der Waals surface area contributed by atoms with E-state index in [1.807, 2.05) is 0 Å². The van der Waals surface area contributed by atoms with E-state index in [1.54, 1.807) is 0 Å². The molecule has 1 aromatic rings. The molecule has 0 radical (unpaired) electrons. The van der Waals surface area contributed by atoms with Gasteiger partial charge in [0.15, 0.2) is 5.69 Å². The van der Waals surface area contributed by atoms with Crippen molar-refractivity contribution in [1.29, 1.82) is 0 Å². The van der Waals surface area contributed by atoms with E-state index < -0.39 is 5.97 Å². The van der Waals surface area contributed by atoms with Gasteiger partial charge in [-0.1, -0.05) is 14.9 Å². The summed E-state index contributed by atoms with van der Waals surface area (Å²) in [7, 11) is 3.01. The Bertz CT molecular complexity index is 344. The molecule has 0 amide bonds. The van der Waals surface area contributed by atoms with E-state index in [4.69, 9.17) is 10.3 Å². The van der Waals surface area contributed by atoms with Crippen molar-refractivity contribution in [2.75, 3.05) is 0 Å². The number of hydrogen-bond acceptors (Lipinski definition) is 2. The molecule has 0 aliphatic carbocycles. The Kier molecular flexibility index (Phi) is 1.96. The Morgan fingerprint density at radius 2 is 2.18 bits per heavy atom. The highest BCUT2D eigenvalue weighted by Crippen LogP contribution is 1.99. The first-order valence-electron chi connectivity index (χ1n) is 2.82. The molecule has 0 unspecified atom stereocenters. The third-order valence-electron chi connectivity index (χ3n) is 1.18. The number of pyridine rings is 1. The molecule has 0 saturated carbocycles. The fraction of sp³-hybridized carbons (Fsp3) is 0. The largest absolute Gasteiger partial charge is 0.476 e. The van der Waals surface area contributed by atoms with Crippen LogP contribution in [0.2, 0.25) is 0 Å². The van der Waals surface area contributed by atoms with Gasteiger partial charge in [0.05, 0.1) is 5.07 Å². The minimum absolute atomic E-state index is 0.183. The van der Waals surface area contributed by atoms with Gasteiger partial charge in [-0.05, 0) is 12.1 Å². The van der Waals surface area contributed by atoms with Gasteiger partial charge >= 0.3 is 5.97 Å². The second-order valence-electron chi connectivity index (χ2n) is 1.91. The van der Waals surface area contributed by atoms with Gasteiger partial charge in [-0.3, -0.25) is 0 Å². The van der Waals surface area contributed by atoms with Crippen molar-refractivity contribution in [1.82, 2.24) is 4.73 Å². The van der Waals surface area contributed by atoms with E-state index in [9.17, 15) is 4.79 Å². The van der Waals surface area contributed by atoms with Crippen LogP contribution in [0.25, 0.3) is 0 Å². The zero-order chi connectivity index (χ0) is 8.43. The van der Waals surface area contributed by atoms with Crippen LogP contribution in [0, 0.1) is 5.07 Å². The van der Waals surface area contributed by atoms with E-state index in [0.29, 0.717) is 9.80 Å². The van der Waals surface area contributed by atoms with Crippen LogP contribution in [0.4, 0.5) is 0 Å². The van der Waals surface area contributed by atoms with Crippen molar-refractivity contribution in [2.24, 2.45) is 0 Å². The Labute approximate surface area is 64.5 Å². The lowest BCUT2D eigenvalue weighted by atomic mass is 10.3. The Balaban J connectivity index is 3.39. The highest BCUT2D eigenvalue weighted by atomic mass is 31.0. The van der Waals surface area contributed by atoms with Crippen molar-refractivity contribution in [3.63, 3.8) is 0 Å². The summed E-state index contributed by atoms with van der Waals surface area (Å²) >= 11 is 0. The van der Waals surface area contributed by atoms with Gasteiger partial charge in [0.25, 0.3) is 0 Å². The molecule has 1 aromatic heterocycles. The SMILES string of the molecule is O=C(O)c1cccc(=P)n1O.